The van der Waals surface area contributed by atoms with Crippen LogP contribution in [0.25, 0.3) is 0 Å². The Morgan fingerprint density at radius 2 is 0.723 bits per heavy atom. The molecule has 65 heavy (non-hydrogen) atoms. The minimum absolute atomic E-state index is 0.00551. The first-order chi connectivity index (χ1) is 30.1. The third kappa shape index (κ3) is 10.3. The summed E-state index contributed by atoms with van der Waals surface area (Å²) >= 11 is 36.2. The summed E-state index contributed by atoms with van der Waals surface area (Å²) < 4.78 is 72.0. The van der Waals surface area contributed by atoms with Crippen molar-refractivity contribution < 1.29 is 39.6 Å². The summed E-state index contributed by atoms with van der Waals surface area (Å²) in [6.45, 7) is 0.317. The molecule has 24 heteroatoms. The van der Waals surface area contributed by atoms with E-state index in [1.807, 2.05) is 60.7 Å². The van der Waals surface area contributed by atoms with Crippen LogP contribution in [0.5, 0.6) is 0 Å². The number of carbonyl (C=O) groups is 3. The highest BCUT2D eigenvalue weighted by Gasteiger charge is 2.50. The number of likely N-dealkylation sites (N-methyl/N-ethyl adjacent to an activating group) is 3. The number of nitrogens with zero attached hydrogens (tertiary/aromatic N) is 3. The molecule has 0 unspecified atom stereocenters. The number of hydrogen-bond donors (Lipinski definition) is 2. The summed E-state index contributed by atoms with van der Waals surface area (Å²) in [5.74, 6) is -1.54. The lowest BCUT2D eigenvalue weighted by molar-refractivity contribution is -0.119. The van der Waals surface area contributed by atoms with Crippen LogP contribution >= 0.6 is 80.3 Å². The molecule has 0 bridgehead atoms. The van der Waals surface area contributed by atoms with Crippen LogP contribution in [-0.2, 0) is 69.6 Å². The highest BCUT2D eigenvalue weighted by atomic mass is 35.7. The van der Waals surface area contributed by atoms with Crippen molar-refractivity contribution in [3.05, 3.63) is 143 Å². The number of amides is 3. The zero-order valence-electron chi connectivity index (χ0n) is 33.8. The molecule has 0 fully saturated rings. The number of nitrogens with one attached hydrogen (secondary N) is 2. The molecule has 0 aliphatic carbocycles. The van der Waals surface area contributed by atoms with Crippen molar-refractivity contribution in [3.63, 3.8) is 0 Å². The van der Waals surface area contributed by atoms with Crippen LogP contribution in [0.4, 0.5) is 17.1 Å². The normalized spacial score (nSPS) is 16.8. The standard InChI is InChI=1S/2C16H14Cl2N2O3S.C9H6Cl3NO3S/c2*1-20-14-8-7-12(9-13(14)16(17,18)15(20)21)24(22,23)19-10-11-5-3-2-4-6-11;1-13-7-3-2-5(17(12,15)16)4-6(7)9(10,11)8(13)14/h2*2-9,19H,10H2,1H3;2-4H,1H3. The Kier molecular flexibility index (Phi) is 14.6. The first-order valence-electron chi connectivity index (χ1n) is 18.6. The Balaban J connectivity index is 0.000000164. The van der Waals surface area contributed by atoms with Gasteiger partial charge in [-0.15, -0.1) is 0 Å². The molecule has 3 aliphatic heterocycles. The fourth-order valence-corrected chi connectivity index (χ4v) is 11.2. The highest BCUT2D eigenvalue weighted by Crippen LogP contribution is 2.50. The molecule has 0 saturated carbocycles. The quantitative estimate of drug-likeness (QED) is 0.110. The van der Waals surface area contributed by atoms with E-state index in [1.165, 1.54) is 90.4 Å². The first kappa shape index (κ1) is 50.7. The van der Waals surface area contributed by atoms with E-state index in [0.717, 1.165) is 11.1 Å². The summed E-state index contributed by atoms with van der Waals surface area (Å²) in [6.07, 6.45) is 0. The minimum Gasteiger partial charge on any atom is -0.312 e. The van der Waals surface area contributed by atoms with E-state index in [1.54, 1.807) is 0 Å². The maximum absolute atomic E-state index is 12.5. The molecule has 0 aromatic heterocycles. The fourth-order valence-electron chi connectivity index (χ4n) is 6.68. The van der Waals surface area contributed by atoms with Gasteiger partial charge in [0.1, 0.15) is 0 Å². The third-order valence-electron chi connectivity index (χ3n) is 10.2. The molecule has 5 aromatic carbocycles. The van der Waals surface area contributed by atoms with E-state index in [2.05, 4.69) is 9.44 Å². The van der Waals surface area contributed by atoms with Gasteiger partial charge in [-0.25, -0.2) is 34.7 Å². The van der Waals surface area contributed by atoms with Gasteiger partial charge in [-0.05, 0) is 65.7 Å². The molecule has 3 aliphatic rings. The van der Waals surface area contributed by atoms with E-state index >= 15 is 0 Å². The topological polar surface area (TPSA) is 187 Å². The molecular formula is C41H34Cl7N5O9S3. The van der Waals surface area contributed by atoms with Crippen LogP contribution in [0.2, 0.25) is 0 Å². The summed E-state index contributed by atoms with van der Waals surface area (Å²) in [4.78, 5) is 39.6. The number of hydrogen-bond acceptors (Lipinski definition) is 9. The Labute approximate surface area is 409 Å². The van der Waals surface area contributed by atoms with Crippen molar-refractivity contribution in [2.75, 3.05) is 35.8 Å². The Morgan fingerprint density at radius 1 is 0.446 bits per heavy atom. The molecule has 8 rings (SSSR count). The molecule has 14 nitrogen and oxygen atoms in total. The van der Waals surface area contributed by atoms with E-state index in [-0.39, 0.29) is 44.5 Å². The number of anilines is 3. The SMILES string of the molecule is CN1C(=O)C(Cl)(Cl)c2cc(S(=O)(=O)Cl)ccc21.CN1C(=O)C(Cl)(Cl)c2cc(S(=O)(=O)NCc3ccccc3)ccc21.CN1C(=O)C(Cl)(Cl)c2cc(S(=O)(=O)NCc3ccccc3)ccc21. The van der Waals surface area contributed by atoms with Gasteiger partial charge >= 0.3 is 0 Å². The van der Waals surface area contributed by atoms with Crippen molar-refractivity contribution in [1.29, 1.82) is 0 Å². The van der Waals surface area contributed by atoms with Crippen molar-refractivity contribution >= 4 is 144 Å². The molecule has 3 heterocycles. The van der Waals surface area contributed by atoms with Gasteiger partial charge in [-0.2, -0.15) is 0 Å². The van der Waals surface area contributed by atoms with Gasteiger partial charge in [-0.3, -0.25) is 14.4 Å². The summed E-state index contributed by atoms with van der Waals surface area (Å²) in [5, 5.41) is 0. The van der Waals surface area contributed by atoms with Crippen molar-refractivity contribution in [2.24, 2.45) is 0 Å². The maximum Gasteiger partial charge on any atom is 0.267 e. The Hall–Kier alpha value is -3.69. The predicted molar refractivity (Wildman–Crippen MR) is 254 cm³/mol. The molecule has 5 aromatic rings. The summed E-state index contributed by atoms with van der Waals surface area (Å²) in [6, 6.07) is 30.8. The minimum atomic E-state index is -3.88. The lowest BCUT2D eigenvalue weighted by Gasteiger charge is -2.12. The maximum atomic E-state index is 12.5. The first-order valence-corrected chi connectivity index (χ1v) is 26.1. The van der Waals surface area contributed by atoms with Gasteiger partial charge in [0.2, 0.25) is 33.0 Å². The van der Waals surface area contributed by atoms with Crippen LogP contribution in [0.3, 0.4) is 0 Å². The number of halogens is 7. The number of benzene rings is 5. The third-order valence-corrected chi connectivity index (χ3v) is 16.6. The van der Waals surface area contributed by atoms with Crippen molar-refractivity contribution in [2.45, 2.75) is 40.8 Å². The molecule has 3 amide bonds. The monoisotopic (exact) mass is 1080 g/mol. The van der Waals surface area contributed by atoms with Crippen LogP contribution < -0.4 is 24.1 Å². The molecule has 344 valence electrons. The van der Waals surface area contributed by atoms with Crippen molar-refractivity contribution in [3.8, 4) is 0 Å². The molecule has 0 spiro atoms. The highest BCUT2D eigenvalue weighted by molar-refractivity contribution is 8.13. The lowest BCUT2D eigenvalue weighted by Crippen LogP contribution is -2.29. The number of fused-ring (bicyclic) bond motifs is 3. The van der Waals surface area contributed by atoms with Gasteiger partial charge in [0.05, 0.1) is 31.7 Å². The largest absolute Gasteiger partial charge is 0.312 e. The Morgan fingerprint density at radius 3 is 1.02 bits per heavy atom. The van der Waals surface area contributed by atoms with Gasteiger partial charge in [0, 0.05) is 61.6 Å². The second-order valence-electron chi connectivity index (χ2n) is 14.4. The molecular weight excluding hydrogens is 1050 g/mol. The van der Waals surface area contributed by atoms with Crippen molar-refractivity contribution in [1.82, 2.24) is 9.44 Å². The molecule has 0 radical (unpaired) electrons. The molecule has 0 atom stereocenters. The van der Waals surface area contributed by atoms with Gasteiger partial charge in [0.15, 0.2) is 0 Å². The number of alkyl halides is 6. The number of carbonyl (C=O) groups excluding carboxylic acids is 3. The van der Waals surface area contributed by atoms with E-state index in [0.29, 0.717) is 17.1 Å². The summed E-state index contributed by atoms with van der Waals surface area (Å²) in [5.41, 5.74) is 3.86. The second-order valence-corrected chi connectivity index (χ2v) is 24.5. The Bertz CT molecular complexity index is 2910. The van der Waals surface area contributed by atoms with E-state index in [4.69, 9.17) is 80.3 Å². The average Bonchev–Trinajstić information content (AvgIpc) is 3.65. The van der Waals surface area contributed by atoms with E-state index < -0.39 is 59.8 Å². The summed E-state index contributed by atoms with van der Waals surface area (Å²) in [7, 11) is -1.62. The number of rotatable bonds is 9. The predicted octanol–water partition coefficient (Wildman–Crippen LogP) is 7.76. The molecule has 2 N–H and O–H groups in total. The van der Waals surface area contributed by atoms with Gasteiger partial charge in [0.25, 0.3) is 26.8 Å². The smallest absolute Gasteiger partial charge is 0.267 e. The van der Waals surface area contributed by atoms with Crippen LogP contribution in [0, 0.1) is 0 Å². The lowest BCUT2D eigenvalue weighted by atomic mass is 10.1. The molecule has 0 saturated heterocycles. The zero-order chi connectivity index (χ0) is 48.1. The fraction of sp³-hybridized carbons (Fsp3) is 0.195. The van der Waals surface area contributed by atoms with Gasteiger partial charge in [-0.1, -0.05) is 130 Å². The van der Waals surface area contributed by atoms with Crippen LogP contribution in [-0.4, -0.2) is 64.1 Å². The second kappa shape index (κ2) is 18.8. The zero-order valence-corrected chi connectivity index (χ0v) is 41.5. The van der Waals surface area contributed by atoms with E-state index in [9.17, 15) is 39.6 Å². The average molecular weight is 1090 g/mol. The van der Waals surface area contributed by atoms with Crippen LogP contribution in [0.1, 0.15) is 27.8 Å². The van der Waals surface area contributed by atoms with Crippen LogP contribution in [0.15, 0.2) is 130 Å². The van der Waals surface area contributed by atoms with Gasteiger partial charge < -0.3 is 14.7 Å². The number of sulfonamides is 2.